The SMILES string of the molecule is C=C.CC1CN(C(C)C)Cc2cccc(c2)Nc2ncnc(n2)-c2ccnc(c2)CCCN1. The summed E-state index contributed by atoms with van der Waals surface area (Å²) in [6, 6.07) is 13.4. The van der Waals surface area contributed by atoms with Crippen LogP contribution in [0.4, 0.5) is 11.6 Å². The van der Waals surface area contributed by atoms with Gasteiger partial charge < -0.3 is 10.6 Å². The van der Waals surface area contributed by atoms with Crippen molar-refractivity contribution in [3.05, 3.63) is 73.3 Å². The molecule has 0 radical (unpaired) electrons. The van der Waals surface area contributed by atoms with Crippen molar-refractivity contribution in [2.45, 2.75) is 52.2 Å². The number of benzene rings is 1. The van der Waals surface area contributed by atoms with Crippen molar-refractivity contribution >= 4 is 11.6 Å². The van der Waals surface area contributed by atoms with Crippen LogP contribution < -0.4 is 10.6 Å². The van der Waals surface area contributed by atoms with Gasteiger partial charge in [-0.1, -0.05) is 12.1 Å². The second kappa shape index (κ2) is 12.2. The van der Waals surface area contributed by atoms with Crippen LogP contribution in [0.25, 0.3) is 11.4 Å². The van der Waals surface area contributed by atoms with Gasteiger partial charge in [0, 0.05) is 48.3 Å². The van der Waals surface area contributed by atoms with E-state index in [4.69, 9.17) is 0 Å². The Kier molecular flexibility index (Phi) is 9.04. The van der Waals surface area contributed by atoms with E-state index >= 15 is 0 Å². The maximum absolute atomic E-state index is 4.63. The van der Waals surface area contributed by atoms with E-state index in [2.05, 4.69) is 93.7 Å². The molecule has 1 atom stereocenters. The fourth-order valence-corrected chi connectivity index (χ4v) is 3.85. The van der Waals surface area contributed by atoms with Crippen molar-refractivity contribution in [3.8, 4) is 11.4 Å². The minimum Gasteiger partial charge on any atom is -0.324 e. The Hall–Kier alpha value is -3.16. The number of aromatic nitrogens is 4. The van der Waals surface area contributed by atoms with Gasteiger partial charge in [-0.2, -0.15) is 4.98 Å². The molecule has 174 valence electrons. The van der Waals surface area contributed by atoms with E-state index in [1.165, 1.54) is 5.56 Å². The molecule has 7 heteroatoms. The highest BCUT2D eigenvalue weighted by atomic mass is 15.2. The molecule has 3 heterocycles. The molecule has 0 fully saturated rings. The van der Waals surface area contributed by atoms with Crippen LogP contribution >= 0.6 is 0 Å². The molecule has 1 aliphatic rings. The van der Waals surface area contributed by atoms with Crippen LogP contribution in [0.1, 0.15) is 38.4 Å². The van der Waals surface area contributed by atoms with Gasteiger partial charge in [0.05, 0.1) is 0 Å². The summed E-state index contributed by atoms with van der Waals surface area (Å²) < 4.78 is 0. The highest BCUT2D eigenvalue weighted by molar-refractivity contribution is 5.59. The molecule has 6 bridgehead atoms. The molecule has 3 aromatic rings. The summed E-state index contributed by atoms with van der Waals surface area (Å²) in [6.45, 7) is 15.6. The number of pyridine rings is 1. The molecule has 1 unspecified atom stereocenters. The molecule has 0 saturated heterocycles. The summed E-state index contributed by atoms with van der Waals surface area (Å²) in [6.07, 6.45) is 5.34. The Labute approximate surface area is 197 Å². The average molecular weight is 446 g/mol. The summed E-state index contributed by atoms with van der Waals surface area (Å²) in [5.41, 5.74) is 4.25. The number of hydrogen-bond donors (Lipinski definition) is 2. The van der Waals surface area contributed by atoms with Crippen molar-refractivity contribution < 1.29 is 0 Å². The van der Waals surface area contributed by atoms with Crippen LogP contribution in [-0.2, 0) is 13.0 Å². The zero-order chi connectivity index (χ0) is 23.6. The highest BCUT2D eigenvalue weighted by Gasteiger charge is 2.15. The second-order valence-corrected chi connectivity index (χ2v) is 8.48. The first-order valence-corrected chi connectivity index (χ1v) is 11.5. The standard InChI is InChI=1S/C24H31N7.C2H4/c1-17(2)31-14-18(3)25-10-5-8-21-13-20(9-11-26-21)23-27-16-28-24(30-23)29-22-7-4-6-19(12-22)15-31;1-2/h4,6-7,9,11-13,16-18,25H,5,8,10,14-15H2,1-3H3,(H,27,28,29,30);1-2H2. The Bertz CT molecular complexity index is 1020. The molecule has 1 aliphatic heterocycles. The maximum atomic E-state index is 4.63. The first-order chi connectivity index (χ1) is 16.1. The van der Waals surface area contributed by atoms with Crippen LogP contribution in [0.3, 0.4) is 0 Å². The first kappa shape index (κ1) is 24.5. The third-order valence-electron chi connectivity index (χ3n) is 5.56. The molecule has 7 nitrogen and oxygen atoms in total. The van der Waals surface area contributed by atoms with Crippen LogP contribution in [0.15, 0.2) is 62.1 Å². The van der Waals surface area contributed by atoms with E-state index in [0.717, 1.165) is 49.4 Å². The van der Waals surface area contributed by atoms with Crippen molar-refractivity contribution in [2.75, 3.05) is 18.4 Å². The van der Waals surface area contributed by atoms with Crippen molar-refractivity contribution in [3.63, 3.8) is 0 Å². The van der Waals surface area contributed by atoms with Gasteiger partial charge in [-0.25, -0.2) is 9.97 Å². The zero-order valence-electron chi connectivity index (χ0n) is 20.0. The highest BCUT2D eigenvalue weighted by Crippen LogP contribution is 2.20. The Morgan fingerprint density at radius 2 is 1.94 bits per heavy atom. The number of fused-ring (bicyclic) bond motifs is 7. The molecule has 4 rings (SSSR count). The lowest BCUT2D eigenvalue weighted by atomic mass is 10.1. The number of aryl methyl sites for hydroxylation is 1. The molecule has 33 heavy (non-hydrogen) atoms. The molecular weight excluding hydrogens is 410 g/mol. The summed E-state index contributed by atoms with van der Waals surface area (Å²) in [4.78, 5) is 20.4. The average Bonchev–Trinajstić information content (AvgIpc) is 2.83. The van der Waals surface area contributed by atoms with Crippen molar-refractivity contribution in [1.29, 1.82) is 0 Å². The summed E-state index contributed by atoms with van der Waals surface area (Å²) >= 11 is 0. The van der Waals surface area contributed by atoms with Crippen LogP contribution in [-0.4, -0.2) is 50.0 Å². The predicted molar refractivity (Wildman–Crippen MR) is 135 cm³/mol. The Morgan fingerprint density at radius 1 is 1.09 bits per heavy atom. The van der Waals surface area contributed by atoms with Gasteiger partial charge in [-0.05, 0) is 70.0 Å². The van der Waals surface area contributed by atoms with Crippen LogP contribution in [0.5, 0.6) is 0 Å². The van der Waals surface area contributed by atoms with Gasteiger partial charge in [0.1, 0.15) is 6.33 Å². The van der Waals surface area contributed by atoms with Crippen molar-refractivity contribution in [1.82, 2.24) is 30.2 Å². The monoisotopic (exact) mass is 445 g/mol. The van der Waals surface area contributed by atoms with Gasteiger partial charge in [0.25, 0.3) is 0 Å². The van der Waals surface area contributed by atoms with E-state index in [1.54, 1.807) is 6.33 Å². The summed E-state index contributed by atoms with van der Waals surface area (Å²) in [5, 5.41) is 7.02. The van der Waals surface area contributed by atoms with Gasteiger partial charge >= 0.3 is 0 Å². The van der Waals surface area contributed by atoms with E-state index in [0.29, 0.717) is 23.9 Å². The third kappa shape index (κ3) is 7.17. The fraction of sp³-hybridized carbons (Fsp3) is 0.385. The van der Waals surface area contributed by atoms with E-state index in [9.17, 15) is 0 Å². The first-order valence-electron chi connectivity index (χ1n) is 11.5. The smallest absolute Gasteiger partial charge is 0.230 e. The lowest BCUT2D eigenvalue weighted by Gasteiger charge is -2.30. The lowest BCUT2D eigenvalue weighted by molar-refractivity contribution is 0.193. The molecule has 2 aromatic heterocycles. The topological polar surface area (TPSA) is 78.9 Å². The fourth-order valence-electron chi connectivity index (χ4n) is 3.85. The minimum absolute atomic E-state index is 0.416. The second-order valence-electron chi connectivity index (χ2n) is 8.48. The van der Waals surface area contributed by atoms with Gasteiger partial charge in [-0.15, -0.1) is 13.2 Å². The molecule has 0 aliphatic carbocycles. The van der Waals surface area contributed by atoms with Gasteiger partial charge in [0.15, 0.2) is 5.82 Å². The van der Waals surface area contributed by atoms with Crippen LogP contribution in [0, 0.1) is 0 Å². The predicted octanol–water partition coefficient (Wildman–Crippen LogP) is 4.61. The number of anilines is 2. The number of nitrogens with zero attached hydrogens (tertiary/aromatic N) is 5. The van der Waals surface area contributed by atoms with Crippen LogP contribution in [0.2, 0.25) is 0 Å². The number of hydrogen-bond acceptors (Lipinski definition) is 7. The van der Waals surface area contributed by atoms with Gasteiger partial charge in [-0.3, -0.25) is 9.88 Å². The third-order valence-corrected chi connectivity index (χ3v) is 5.56. The maximum Gasteiger partial charge on any atom is 0.230 e. The molecular formula is C26H35N7. The largest absolute Gasteiger partial charge is 0.324 e. The number of rotatable bonds is 1. The summed E-state index contributed by atoms with van der Waals surface area (Å²) in [7, 11) is 0. The van der Waals surface area contributed by atoms with E-state index < -0.39 is 0 Å². The summed E-state index contributed by atoms with van der Waals surface area (Å²) in [5.74, 6) is 1.19. The molecule has 0 amide bonds. The van der Waals surface area contributed by atoms with E-state index in [-0.39, 0.29) is 0 Å². The normalized spacial score (nSPS) is 17.2. The van der Waals surface area contributed by atoms with Gasteiger partial charge in [0.2, 0.25) is 5.95 Å². The van der Waals surface area contributed by atoms with Crippen molar-refractivity contribution in [2.24, 2.45) is 0 Å². The Morgan fingerprint density at radius 3 is 2.76 bits per heavy atom. The quantitative estimate of drug-likeness (QED) is 0.529. The minimum atomic E-state index is 0.416. The molecule has 0 saturated carbocycles. The molecule has 0 spiro atoms. The Balaban J connectivity index is 0.00000149. The lowest BCUT2D eigenvalue weighted by Crippen LogP contribution is -2.42. The molecule has 2 N–H and O–H groups in total. The molecule has 1 aromatic carbocycles. The zero-order valence-corrected chi connectivity index (χ0v) is 20.0. The van der Waals surface area contributed by atoms with E-state index in [1.807, 2.05) is 18.3 Å². The number of nitrogens with one attached hydrogen (secondary N) is 2.